The van der Waals surface area contributed by atoms with Crippen LogP contribution in [-0.2, 0) is 0 Å². The first-order valence-electron chi connectivity index (χ1n) is 7.42. The zero-order chi connectivity index (χ0) is 15.5. The number of anilines is 1. The summed E-state index contributed by atoms with van der Waals surface area (Å²) in [6.07, 6.45) is 3.99. The van der Waals surface area contributed by atoms with Crippen LogP contribution in [0.3, 0.4) is 0 Å². The van der Waals surface area contributed by atoms with Crippen LogP contribution in [0.4, 0.5) is 5.69 Å². The molecule has 1 saturated heterocycles. The molecule has 3 rings (SSSR count). The third-order valence-corrected chi connectivity index (χ3v) is 4.65. The maximum absolute atomic E-state index is 6.11. The molecule has 22 heavy (non-hydrogen) atoms. The van der Waals surface area contributed by atoms with Gasteiger partial charge in [0.25, 0.3) is 0 Å². The molecular weight excluding hydrogens is 319 g/mol. The van der Waals surface area contributed by atoms with Gasteiger partial charge in [-0.3, -0.25) is 0 Å². The quantitative estimate of drug-likeness (QED) is 0.756. The molecule has 0 aliphatic carbocycles. The average molecular weight is 337 g/mol. The highest BCUT2D eigenvalue weighted by atomic mass is 35.5. The summed E-state index contributed by atoms with van der Waals surface area (Å²) < 4.78 is 6.02. The standard InChI is InChI=1S/C17H18Cl2N2O/c1-12-16(6-9-20-17(12)19)21-10-7-15(8-11-21)22-14-4-2-13(18)3-5-14/h2-6,9,15H,7-8,10-11H2,1H3. The monoisotopic (exact) mass is 336 g/mol. The van der Waals surface area contributed by atoms with Crippen molar-refractivity contribution in [1.29, 1.82) is 0 Å². The molecule has 1 aromatic heterocycles. The molecule has 2 heterocycles. The number of nitrogens with zero attached hydrogens (tertiary/aromatic N) is 2. The molecule has 116 valence electrons. The van der Waals surface area contributed by atoms with Crippen LogP contribution < -0.4 is 9.64 Å². The maximum atomic E-state index is 6.11. The van der Waals surface area contributed by atoms with Crippen LogP contribution in [0.25, 0.3) is 0 Å². The van der Waals surface area contributed by atoms with Gasteiger partial charge in [-0.2, -0.15) is 0 Å². The molecule has 0 saturated carbocycles. The van der Waals surface area contributed by atoms with Crippen molar-refractivity contribution in [3.63, 3.8) is 0 Å². The van der Waals surface area contributed by atoms with Crippen LogP contribution in [-0.4, -0.2) is 24.2 Å². The fourth-order valence-corrected chi connectivity index (χ4v) is 3.04. The van der Waals surface area contributed by atoms with Gasteiger partial charge in [0.05, 0.1) is 0 Å². The van der Waals surface area contributed by atoms with Gasteiger partial charge in [0.15, 0.2) is 0 Å². The van der Waals surface area contributed by atoms with Crippen LogP contribution in [0, 0.1) is 6.92 Å². The summed E-state index contributed by atoms with van der Waals surface area (Å²) in [7, 11) is 0. The lowest BCUT2D eigenvalue weighted by Crippen LogP contribution is -2.38. The van der Waals surface area contributed by atoms with Crippen LogP contribution in [0.15, 0.2) is 36.5 Å². The second-order valence-electron chi connectivity index (χ2n) is 5.50. The SMILES string of the molecule is Cc1c(N2CCC(Oc3ccc(Cl)cc3)CC2)ccnc1Cl. The Labute approximate surface area is 140 Å². The van der Waals surface area contributed by atoms with Crippen molar-refractivity contribution >= 4 is 28.9 Å². The number of piperidine rings is 1. The van der Waals surface area contributed by atoms with Gasteiger partial charge in [0, 0.05) is 48.4 Å². The highest BCUT2D eigenvalue weighted by Crippen LogP contribution is 2.28. The molecule has 0 atom stereocenters. The third kappa shape index (κ3) is 3.47. The van der Waals surface area contributed by atoms with Crippen molar-refractivity contribution in [1.82, 2.24) is 4.98 Å². The van der Waals surface area contributed by atoms with Crippen LogP contribution in [0.2, 0.25) is 10.2 Å². The normalized spacial score (nSPS) is 15.9. The summed E-state index contributed by atoms with van der Waals surface area (Å²) >= 11 is 12.0. The van der Waals surface area contributed by atoms with E-state index in [9.17, 15) is 0 Å². The Balaban J connectivity index is 1.60. The number of benzene rings is 1. The smallest absolute Gasteiger partial charge is 0.133 e. The lowest BCUT2D eigenvalue weighted by molar-refractivity contribution is 0.171. The molecule has 0 bridgehead atoms. The summed E-state index contributed by atoms with van der Waals surface area (Å²) in [4.78, 5) is 6.47. The Kier molecular flexibility index (Phi) is 4.74. The third-order valence-electron chi connectivity index (χ3n) is 4.01. The molecule has 1 fully saturated rings. The molecule has 0 radical (unpaired) electrons. The first kappa shape index (κ1) is 15.4. The molecule has 0 spiro atoms. The minimum absolute atomic E-state index is 0.245. The number of halogens is 2. The Morgan fingerprint density at radius 3 is 2.45 bits per heavy atom. The van der Waals surface area contributed by atoms with E-state index in [4.69, 9.17) is 27.9 Å². The fraction of sp³-hybridized carbons (Fsp3) is 0.353. The second-order valence-corrected chi connectivity index (χ2v) is 6.30. The van der Waals surface area contributed by atoms with Gasteiger partial charge in [-0.05, 0) is 37.3 Å². The van der Waals surface area contributed by atoms with E-state index in [-0.39, 0.29) is 6.10 Å². The van der Waals surface area contributed by atoms with Crippen molar-refractivity contribution in [3.8, 4) is 5.75 Å². The number of hydrogen-bond acceptors (Lipinski definition) is 3. The van der Waals surface area contributed by atoms with Crippen LogP contribution >= 0.6 is 23.2 Å². The number of aromatic nitrogens is 1. The topological polar surface area (TPSA) is 25.4 Å². The predicted molar refractivity (Wildman–Crippen MR) is 91.3 cm³/mol. The van der Waals surface area contributed by atoms with Crippen molar-refractivity contribution in [2.24, 2.45) is 0 Å². The van der Waals surface area contributed by atoms with Crippen molar-refractivity contribution in [3.05, 3.63) is 52.3 Å². The Morgan fingerprint density at radius 1 is 1.09 bits per heavy atom. The van der Waals surface area contributed by atoms with Gasteiger partial charge in [-0.1, -0.05) is 23.2 Å². The van der Waals surface area contributed by atoms with Gasteiger partial charge in [-0.25, -0.2) is 4.98 Å². The van der Waals surface area contributed by atoms with Crippen molar-refractivity contribution in [2.45, 2.75) is 25.9 Å². The first-order chi connectivity index (χ1) is 10.6. The number of pyridine rings is 1. The van der Waals surface area contributed by atoms with E-state index in [2.05, 4.69) is 9.88 Å². The highest BCUT2D eigenvalue weighted by Gasteiger charge is 2.22. The highest BCUT2D eigenvalue weighted by molar-refractivity contribution is 6.30. The van der Waals surface area contributed by atoms with Gasteiger partial charge < -0.3 is 9.64 Å². The minimum atomic E-state index is 0.245. The number of rotatable bonds is 3. The molecular formula is C17H18Cl2N2O. The van der Waals surface area contributed by atoms with Gasteiger partial charge in [-0.15, -0.1) is 0 Å². The Bertz CT molecular complexity index is 638. The summed E-state index contributed by atoms with van der Waals surface area (Å²) in [6.45, 7) is 3.93. The molecule has 0 amide bonds. The van der Waals surface area contributed by atoms with Crippen molar-refractivity contribution < 1.29 is 4.74 Å². The zero-order valence-electron chi connectivity index (χ0n) is 12.4. The molecule has 0 unspecified atom stereocenters. The summed E-state index contributed by atoms with van der Waals surface area (Å²) in [6, 6.07) is 9.58. The van der Waals surface area contributed by atoms with E-state index in [1.807, 2.05) is 37.3 Å². The number of hydrogen-bond donors (Lipinski definition) is 0. The fourth-order valence-electron chi connectivity index (χ4n) is 2.76. The largest absolute Gasteiger partial charge is 0.490 e. The van der Waals surface area contributed by atoms with Crippen LogP contribution in [0.1, 0.15) is 18.4 Å². The molecule has 3 nitrogen and oxygen atoms in total. The molecule has 5 heteroatoms. The molecule has 0 N–H and O–H groups in total. The number of ether oxygens (including phenoxy) is 1. The summed E-state index contributed by atoms with van der Waals surface area (Å²) in [5, 5.41) is 1.31. The van der Waals surface area contributed by atoms with Gasteiger partial charge in [0.2, 0.25) is 0 Å². The summed E-state index contributed by atoms with van der Waals surface area (Å²) in [5.74, 6) is 0.881. The molecule has 1 aliphatic rings. The predicted octanol–water partition coefficient (Wildman–Crippen LogP) is 4.74. The van der Waals surface area contributed by atoms with E-state index < -0.39 is 0 Å². The Morgan fingerprint density at radius 2 is 1.77 bits per heavy atom. The van der Waals surface area contributed by atoms with Crippen LogP contribution in [0.5, 0.6) is 5.75 Å². The zero-order valence-corrected chi connectivity index (χ0v) is 13.9. The van der Waals surface area contributed by atoms with E-state index >= 15 is 0 Å². The van der Waals surface area contributed by atoms with E-state index in [0.29, 0.717) is 5.15 Å². The second kappa shape index (κ2) is 6.76. The summed E-state index contributed by atoms with van der Waals surface area (Å²) in [5.41, 5.74) is 2.21. The van der Waals surface area contributed by atoms with E-state index in [1.165, 1.54) is 5.69 Å². The maximum Gasteiger partial charge on any atom is 0.133 e. The molecule has 1 aromatic carbocycles. The first-order valence-corrected chi connectivity index (χ1v) is 8.17. The average Bonchev–Trinajstić information content (AvgIpc) is 2.53. The van der Waals surface area contributed by atoms with Gasteiger partial charge >= 0.3 is 0 Å². The van der Waals surface area contributed by atoms with E-state index in [0.717, 1.165) is 42.3 Å². The minimum Gasteiger partial charge on any atom is -0.490 e. The van der Waals surface area contributed by atoms with E-state index in [1.54, 1.807) is 6.20 Å². The Hall–Kier alpha value is -1.45. The van der Waals surface area contributed by atoms with Crippen molar-refractivity contribution in [2.75, 3.05) is 18.0 Å². The van der Waals surface area contributed by atoms with Gasteiger partial charge in [0.1, 0.15) is 17.0 Å². The molecule has 2 aromatic rings. The lowest BCUT2D eigenvalue weighted by Gasteiger charge is -2.34. The lowest BCUT2D eigenvalue weighted by atomic mass is 10.1. The molecule has 1 aliphatic heterocycles.